The highest BCUT2D eigenvalue weighted by Crippen LogP contribution is 2.29. The molecule has 1 aromatic rings. The number of halogens is 3. The predicted octanol–water partition coefficient (Wildman–Crippen LogP) is 4.21. The largest absolute Gasteiger partial charge is 0.288 e. The summed E-state index contributed by atoms with van der Waals surface area (Å²) in [5, 5.41) is 10.1. The van der Waals surface area contributed by atoms with Crippen molar-refractivity contribution in [2.75, 3.05) is 0 Å². The summed E-state index contributed by atoms with van der Waals surface area (Å²) in [5.74, 6) is 0. The molecular formula is C9H10ClF2NO2. The van der Waals surface area contributed by atoms with E-state index in [1.165, 1.54) is 0 Å². The van der Waals surface area contributed by atoms with Crippen molar-refractivity contribution < 1.29 is 13.7 Å². The lowest BCUT2D eigenvalue weighted by atomic mass is 10.2. The number of hydrogen-bond donors (Lipinski definition) is 0. The standard InChI is InChI=1S/C7H4ClF2NO2.C2H6/c8-5-2-1-4(7(9)10)3-6(5)11(12)13;1-2/h1-3,7H;1-2H3. The molecule has 15 heavy (non-hydrogen) atoms. The van der Waals surface area contributed by atoms with Gasteiger partial charge in [0.2, 0.25) is 0 Å². The first kappa shape index (κ1) is 13.8. The molecule has 0 atom stereocenters. The highest BCUT2D eigenvalue weighted by atomic mass is 35.5. The molecule has 3 nitrogen and oxygen atoms in total. The Morgan fingerprint density at radius 3 is 2.33 bits per heavy atom. The smallest absolute Gasteiger partial charge is 0.258 e. The first-order chi connectivity index (χ1) is 7.02. The van der Waals surface area contributed by atoms with Crippen molar-refractivity contribution in [3.63, 3.8) is 0 Å². The summed E-state index contributed by atoms with van der Waals surface area (Å²) < 4.78 is 24.2. The molecule has 0 aliphatic heterocycles. The lowest BCUT2D eigenvalue weighted by molar-refractivity contribution is -0.384. The van der Waals surface area contributed by atoms with E-state index in [1.54, 1.807) is 0 Å². The third-order valence-electron chi connectivity index (χ3n) is 1.42. The fourth-order valence-corrected chi connectivity index (χ4v) is 0.992. The van der Waals surface area contributed by atoms with E-state index in [2.05, 4.69) is 0 Å². The second kappa shape index (κ2) is 6.29. The van der Waals surface area contributed by atoms with Crippen LogP contribution in [-0.2, 0) is 0 Å². The van der Waals surface area contributed by atoms with Crippen molar-refractivity contribution in [1.29, 1.82) is 0 Å². The van der Waals surface area contributed by atoms with Crippen LogP contribution in [0.25, 0.3) is 0 Å². The molecule has 0 unspecified atom stereocenters. The molecule has 0 saturated carbocycles. The van der Waals surface area contributed by atoms with E-state index >= 15 is 0 Å². The lowest BCUT2D eigenvalue weighted by Gasteiger charge is -1.99. The number of nitro benzene ring substituents is 1. The SMILES string of the molecule is CC.O=[N+]([O-])c1cc(C(F)F)ccc1Cl. The summed E-state index contributed by atoms with van der Waals surface area (Å²) in [6, 6.07) is 2.91. The zero-order valence-electron chi connectivity index (χ0n) is 8.21. The van der Waals surface area contributed by atoms with Crippen molar-refractivity contribution >= 4 is 17.3 Å². The van der Waals surface area contributed by atoms with Gasteiger partial charge in [-0.1, -0.05) is 31.5 Å². The topological polar surface area (TPSA) is 43.1 Å². The number of benzene rings is 1. The zero-order valence-corrected chi connectivity index (χ0v) is 8.96. The molecule has 0 radical (unpaired) electrons. The van der Waals surface area contributed by atoms with Crippen LogP contribution in [-0.4, -0.2) is 4.92 Å². The molecule has 0 spiro atoms. The van der Waals surface area contributed by atoms with Gasteiger partial charge in [-0.15, -0.1) is 0 Å². The first-order valence-electron chi connectivity index (χ1n) is 4.24. The van der Waals surface area contributed by atoms with Crippen LogP contribution in [0, 0.1) is 10.1 Å². The lowest BCUT2D eigenvalue weighted by Crippen LogP contribution is -1.92. The van der Waals surface area contributed by atoms with E-state index in [0.29, 0.717) is 0 Å². The Bertz CT molecular complexity index is 345. The Morgan fingerprint density at radius 1 is 1.40 bits per heavy atom. The number of alkyl halides is 2. The minimum absolute atomic E-state index is 0.144. The van der Waals surface area contributed by atoms with Crippen LogP contribution in [0.3, 0.4) is 0 Å². The van der Waals surface area contributed by atoms with Crippen molar-refractivity contribution in [2.45, 2.75) is 20.3 Å². The van der Waals surface area contributed by atoms with Crippen molar-refractivity contribution in [1.82, 2.24) is 0 Å². The van der Waals surface area contributed by atoms with E-state index in [4.69, 9.17) is 11.6 Å². The molecule has 0 aliphatic rings. The minimum Gasteiger partial charge on any atom is -0.258 e. The van der Waals surface area contributed by atoms with Gasteiger partial charge in [0, 0.05) is 11.6 Å². The molecular weight excluding hydrogens is 228 g/mol. The van der Waals surface area contributed by atoms with E-state index in [9.17, 15) is 18.9 Å². The second-order valence-electron chi connectivity index (χ2n) is 2.27. The molecule has 0 bridgehead atoms. The van der Waals surface area contributed by atoms with Gasteiger partial charge in [-0.25, -0.2) is 8.78 Å². The monoisotopic (exact) mass is 237 g/mol. The summed E-state index contributed by atoms with van der Waals surface area (Å²) >= 11 is 5.41. The van der Waals surface area contributed by atoms with Gasteiger partial charge in [0.15, 0.2) is 0 Å². The molecule has 0 saturated heterocycles. The third-order valence-corrected chi connectivity index (χ3v) is 1.74. The first-order valence-corrected chi connectivity index (χ1v) is 4.62. The summed E-state index contributed by atoms with van der Waals surface area (Å²) in [6.45, 7) is 4.00. The molecule has 84 valence electrons. The maximum atomic E-state index is 12.1. The number of rotatable bonds is 2. The fraction of sp³-hybridized carbons (Fsp3) is 0.333. The van der Waals surface area contributed by atoms with E-state index in [-0.39, 0.29) is 5.02 Å². The predicted molar refractivity (Wildman–Crippen MR) is 54.4 cm³/mol. The van der Waals surface area contributed by atoms with Gasteiger partial charge in [-0.3, -0.25) is 10.1 Å². The summed E-state index contributed by atoms with van der Waals surface area (Å²) in [4.78, 5) is 9.48. The average molecular weight is 238 g/mol. The average Bonchev–Trinajstić information content (AvgIpc) is 2.20. The summed E-state index contributed by atoms with van der Waals surface area (Å²) in [5.41, 5.74) is -0.907. The van der Waals surface area contributed by atoms with Crippen LogP contribution < -0.4 is 0 Å². The Kier molecular flexibility index (Phi) is 5.77. The number of nitro groups is 1. The molecule has 0 fully saturated rings. The molecule has 6 heteroatoms. The molecule has 0 N–H and O–H groups in total. The van der Waals surface area contributed by atoms with Crippen LogP contribution >= 0.6 is 11.6 Å². The quantitative estimate of drug-likeness (QED) is 0.571. The van der Waals surface area contributed by atoms with Crippen LogP contribution in [0.5, 0.6) is 0 Å². The number of hydrogen-bond acceptors (Lipinski definition) is 2. The molecule has 0 amide bonds. The van der Waals surface area contributed by atoms with E-state index in [1.807, 2.05) is 13.8 Å². The van der Waals surface area contributed by atoms with Crippen molar-refractivity contribution in [2.24, 2.45) is 0 Å². The Hall–Kier alpha value is -1.23. The van der Waals surface area contributed by atoms with E-state index < -0.39 is 22.6 Å². The van der Waals surface area contributed by atoms with Gasteiger partial charge in [0.1, 0.15) is 5.02 Å². The second-order valence-corrected chi connectivity index (χ2v) is 2.68. The van der Waals surface area contributed by atoms with Crippen LogP contribution in [0.2, 0.25) is 5.02 Å². The molecule has 0 aromatic heterocycles. The Morgan fingerprint density at radius 2 is 1.93 bits per heavy atom. The maximum Gasteiger partial charge on any atom is 0.288 e. The molecule has 1 rings (SSSR count). The molecule has 1 aromatic carbocycles. The maximum absolute atomic E-state index is 12.1. The van der Waals surface area contributed by atoms with Crippen LogP contribution in [0.1, 0.15) is 25.8 Å². The highest BCUT2D eigenvalue weighted by Gasteiger charge is 2.16. The fourth-order valence-electron chi connectivity index (χ4n) is 0.805. The highest BCUT2D eigenvalue weighted by molar-refractivity contribution is 6.32. The van der Waals surface area contributed by atoms with Gasteiger partial charge < -0.3 is 0 Å². The van der Waals surface area contributed by atoms with Crippen LogP contribution in [0.15, 0.2) is 18.2 Å². The van der Waals surface area contributed by atoms with Gasteiger partial charge >= 0.3 is 0 Å². The Labute approximate surface area is 90.8 Å². The zero-order chi connectivity index (χ0) is 12.0. The summed E-state index contributed by atoms with van der Waals surface area (Å²) in [7, 11) is 0. The third kappa shape index (κ3) is 3.79. The van der Waals surface area contributed by atoms with Gasteiger partial charge in [0.05, 0.1) is 4.92 Å². The minimum atomic E-state index is -2.73. The van der Waals surface area contributed by atoms with E-state index in [0.717, 1.165) is 18.2 Å². The van der Waals surface area contributed by atoms with Gasteiger partial charge in [-0.05, 0) is 6.07 Å². The summed E-state index contributed by atoms with van der Waals surface area (Å²) in [6.07, 6.45) is -2.73. The van der Waals surface area contributed by atoms with Crippen molar-refractivity contribution in [3.8, 4) is 0 Å². The van der Waals surface area contributed by atoms with Crippen molar-refractivity contribution in [3.05, 3.63) is 38.9 Å². The van der Waals surface area contributed by atoms with Gasteiger partial charge in [0.25, 0.3) is 12.1 Å². The molecule has 0 aliphatic carbocycles. The number of nitrogens with zero attached hydrogens (tertiary/aromatic N) is 1. The van der Waals surface area contributed by atoms with Gasteiger partial charge in [-0.2, -0.15) is 0 Å². The van der Waals surface area contributed by atoms with Crippen LogP contribution in [0.4, 0.5) is 14.5 Å². The normalized spacial score (nSPS) is 9.47. The Balaban J connectivity index is 0.000000921. The molecule has 0 heterocycles.